The monoisotopic (exact) mass is 417 g/mol. The molecule has 1 heterocycles. The first-order valence-electron chi connectivity index (χ1n) is 10.5. The van der Waals surface area contributed by atoms with Gasteiger partial charge in [0.1, 0.15) is 0 Å². The molecule has 4 rings (SSSR count). The number of hydroxylamine groups is 1. The van der Waals surface area contributed by atoms with E-state index in [4.69, 9.17) is 14.2 Å². The van der Waals surface area contributed by atoms with Crippen molar-refractivity contribution >= 4 is 6.21 Å². The maximum atomic E-state index is 12.7. The van der Waals surface area contributed by atoms with Crippen molar-refractivity contribution in [2.45, 2.75) is 32.2 Å². The van der Waals surface area contributed by atoms with E-state index in [0.717, 1.165) is 21.4 Å². The van der Waals surface area contributed by atoms with E-state index in [1.165, 1.54) is 0 Å². The quantitative estimate of drug-likeness (QED) is 0.359. The van der Waals surface area contributed by atoms with Crippen LogP contribution in [-0.2, 0) is 34.0 Å². The first-order chi connectivity index (χ1) is 15.3. The third-order valence-corrected chi connectivity index (χ3v) is 5.26. The summed E-state index contributed by atoms with van der Waals surface area (Å²) in [6, 6.07) is 29.8. The zero-order chi connectivity index (χ0) is 21.3. The van der Waals surface area contributed by atoms with Crippen LogP contribution in [0.3, 0.4) is 0 Å². The van der Waals surface area contributed by atoms with E-state index < -0.39 is 12.3 Å². The lowest BCUT2D eigenvalue weighted by Crippen LogP contribution is -2.38. The molecule has 0 fully saturated rings. The van der Waals surface area contributed by atoms with E-state index in [9.17, 15) is 5.21 Å². The summed E-state index contributed by atoms with van der Waals surface area (Å²) in [6.45, 7) is 1.64. The summed E-state index contributed by atoms with van der Waals surface area (Å²) >= 11 is 0. The zero-order valence-corrected chi connectivity index (χ0v) is 17.4. The summed E-state index contributed by atoms with van der Waals surface area (Å²) < 4.78 is 19.0. The Morgan fingerprint density at radius 2 is 1.13 bits per heavy atom. The molecule has 160 valence electrons. The molecule has 0 aliphatic carbocycles. The highest BCUT2D eigenvalue weighted by molar-refractivity contribution is 5.58. The van der Waals surface area contributed by atoms with Crippen LogP contribution in [0.15, 0.2) is 91.0 Å². The molecule has 5 nitrogen and oxygen atoms in total. The fourth-order valence-corrected chi connectivity index (χ4v) is 3.64. The molecule has 0 spiro atoms. The molecular weight excluding hydrogens is 390 g/mol. The summed E-state index contributed by atoms with van der Waals surface area (Å²) in [4.78, 5) is 0. The maximum absolute atomic E-state index is 12.7. The molecule has 3 aromatic carbocycles. The van der Waals surface area contributed by atoms with Gasteiger partial charge in [0.2, 0.25) is 0 Å². The molecule has 0 amide bonds. The molecule has 0 radical (unpaired) electrons. The standard InChI is InChI=1S/C26H27NO4/c28-27-16-24(20-29-17-21-10-4-1-5-11-21)25(30-18-22-12-6-2-7-13-22)26(27)31-19-23-14-8-3-9-15-23/h1-16,24-26H,17-20H2/t24-,25-,26-/m1/s1. The van der Waals surface area contributed by atoms with Crippen LogP contribution in [0.2, 0.25) is 0 Å². The van der Waals surface area contributed by atoms with Gasteiger partial charge >= 0.3 is 0 Å². The van der Waals surface area contributed by atoms with Gasteiger partial charge in [-0.2, -0.15) is 4.74 Å². The van der Waals surface area contributed by atoms with Gasteiger partial charge in [-0.05, 0) is 16.7 Å². The second-order valence-corrected chi connectivity index (χ2v) is 7.62. The summed E-state index contributed by atoms with van der Waals surface area (Å²) in [5, 5.41) is 12.7. The predicted octanol–water partition coefficient (Wildman–Crippen LogP) is 4.54. The summed E-state index contributed by atoms with van der Waals surface area (Å²) in [5.74, 6) is -0.189. The number of rotatable bonds is 10. The Kier molecular flexibility index (Phi) is 7.45. The normalized spacial score (nSPS) is 20.5. The third-order valence-electron chi connectivity index (χ3n) is 5.26. The Balaban J connectivity index is 1.40. The highest BCUT2D eigenvalue weighted by Gasteiger charge is 2.44. The van der Waals surface area contributed by atoms with Crippen molar-refractivity contribution in [1.29, 1.82) is 0 Å². The van der Waals surface area contributed by atoms with Crippen molar-refractivity contribution in [3.8, 4) is 0 Å². The number of hydrogen-bond acceptors (Lipinski definition) is 4. The fraction of sp³-hybridized carbons (Fsp3) is 0.269. The van der Waals surface area contributed by atoms with Gasteiger partial charge < -0.3 is 19.4 Å². The molecular formula is C26H27NO4. The molecule has 0 saturated heterocycles. The maximum Gasteiger partial charge on any atom is 0.295 e. The average Bonchev–Trinajstić information content (AvgIpc) is 3.12. The molecule has 0 saturated carbocycles. The first kappa shape index (κ1) is 21.2. The van der Waals surface area contributed by atoms with E-state index in [1.54, 1.807) is 6.21 Å². The molecule has 0 N–H and O–H groups in total. The summed E-state index contributed by atoms with van der Waals surface area (Å²) in [7, 11) is 0. The van der Waals surface area contributed by atoms with Crippen LogP contribution in [0.5, 0.6) is 0 Å². The molecule has 1 aliphatic heterocycles. The minimum absolute atomic E-state index is 0.189. The van der Waals surface area contributed by atoms with Gasteiger partial charge in [0.15, 0.2) is 12.3 Å². The minimum atomic E-state index is -0.714. The molecule has 3 atom stereocenters. The lowest BCUT2D eigenvalue weighted by Gasteiger charge is -2.23. The number of ether oxygens (including phenoxy) is 3. The molecule has 31 heavy (non-hydrogen) atoms. The fourth-order valence-electron chi connectivity index (χ4n) is 3.64. The zero-order valence-electron chi connectivity index (χ0n) is 17.4. The van der Waals surface area contributed by atoms with Crippen molar-refractivity contribution < 1.29 is 18.9 Å². The van der Waals surface area contributed by atoms with Gasteiger partial charge in [-0.15, -0.1) is 0 Å². The van der Waals surface area contributed by atoms with Gasteiger partial charge in [0.05, 0.1) is 32.3 Å². The van der Waals surface area contributed by atoms with Gasteiger partial charge in [0.25, 0.3) is 6.23 Å². The van der Waals surface area contributed by atoms with E-state index in [0.29, 0.717) is 26.4 Å². The third kappa shape index (κ3) is 6.01. The van der Waals surface area contributed by atoms with Crippen molar-refractivity contribution in [3.05, 3.63) is 113 Å². The van der Waals surface area contributed by atoms with E-state index in [-0.39, 0.29) is 5.92 Å². The Bertz CT molecular complexity index is 947. The Hall–Kier alpha value is -2.99. The number of benzene rings is 3. The Morgan fingerprint density at radius 1 is 0.645 bits per heavy atom. The molecule has 1 aliphatic rings. The predicted molar refractivity (Wildman–Crippen MR) is 119 cm³/mol. The van der Waals surface area contributed by atoms with Gasteiger partial charge in [-0.3, -0.25) is 0 Å². The molecule has 0 aromatic heterocycles. The highest BCUT2D eigenvalue weighted by atomic mass is 16.6. The largest absolute Gasteiger partial charge is 0.622 e. The van der Waals surface area contributed by atoms with Gasteiger partial charge in [-0.1, -0.05) is 91.0 Å². The topological polar surface area (TPSA) is 53.8 Å². The van der Waals surface area contributed by atoms with Crippen LogP contribution in [0.4, 0.5) is 0 Å². The highest BCUT2D eigenvalue weighted by Crippen LogP contribution is 2.24. The van der Waals surface area contributed by atoms with Crippen molar-refractivity contribution in [1.82, 2.24) is 0 Å². The molecule has 3 aromatic rings. The van der Waals surface area contributed by atoms with Crippen LogP contribution in [0.1, 0.15) is 16.7 Å². The molecule has 0 unspecified atom stereocenters. The lowest BCUT2D eigenvalue weighted by atomic mass is 10.1. The lowest BCUT2D eigenvalue weighted by molar-refractivity contribution is -0.558. The second kappa shape index (κ2) is 10.9. The van der Waals surface area contributed by atoms with Crippen molar-refractivity contribution in [2.24, 2.45) is 5.92 Å². The van der Waals surface area contributed by atoms with Gasteiger partial charge in [-0.25, -0.2) is 0 Å². The van der Waals surface area contributed by atoms with Crippen LogP contribution in [-0.4, -0.2) is 29.9 Å². The SMILES string of the molecule is [O-][N+]1=C[C@H](COCc2ccccc2)[C@@H](OCc2ccccc2)[C@H]1OCc1ccccc1. The van der Waals surface area contributed by atoms with E-state index >= 15 is 0 Å². The summed E-state index contributed by atoms with van der Waals surface area (Å²) in [6.07, 6.45) is 0.488. The van der Waals surface area contributed by atoms with Crippen LogP contribution < -0.4 is 0 Å². The second-order valence-electron chi connectivity index (χ2n) is 7.62. The van der Waals surface area contributed by atoms with Crippen LogP contribution in [0, 0.1) is 11.1 Å². The van der Waals surface area contributed by atoms with Crippen LogP contribution in [0.25, 0.3) is 0 Å². The number of hydrogen-bond donors (Lipinski definition) is 0. The van der Waals surface area contributed by atoms with Crippen molar-refractivity contribution in [2.75, 3.05) is 6.61 Å². The van der Waals surface area contributed by atoms with E-state index in [2.05, 4.69) is 0 Å². The van der Waals surface area contributed by atoms with Crippen molar-refractivity contribution in [3.63, 3.8) is 0 Å². The smallest absolute Gasteiger partial charge is 0.295 e. The molecule has 0 bridgehead atoms. The van der Waals surface area contributed by atoms with E-state index in [1.807, 2.05) is 91.0 Å². The first-order valence-corrected chi connectivity index (χ1v) is 10.5. The minimum Gasteiger partial charge on any atom is -0.622 e. The Morgan fingerprint density at radius 3 is 1.68 bits per heavy atom. The van der Waals surface area contributed by atoms with Crippen LogP contribution >= 0.6 is 0 Å². The molecule has 5 heteroatoms. The summed E-state index contributed by atoms with van der Waals surface area (Å²) in [5.41, 5.74) is 3.16. The Labute approximate surface area is 183 Å². The van der Waals surface area contributed by atoms with Gasteiger partial charge in [0, 0.05) is 0 Å². The number of nitrogens with zero attached hydrogens (tertiary/aromatic N) is 1. The average molecular weight is 418 g/mol.